The second-order valence-electron chi connectivity index (χ2n) is 8.90. The standard InChI is InChI=1S/C29H26Br3N/c1-15-7-21(8-16(2)27(15)30)22-13-25(23-9-17(3)28(31)18(4)10-23)33-26(14-22)24-11-19(5)29(32)20(6)12-24/h7-14H,1-6H3. The molecule has 0 aliphatic rings. The zero-order chi connectivity index (χ0) is 24.0. The molecule has 0 aliphatic carbocycles. The Morgan fingerprint density at radius 1 is 0.394 bits per heavy atom. The lowest BCUT2D eigenvalue weighted by atomic mass is 9.96. The van der Waals surface area contributed by atoms with Crippen molar-refractivity contribution in [2.45, 2.75) is 41.5 Å². The van der Waals surface area contributed by atoms with Gasteiger partial charge in [0.15, 0.2) is 0 Å². The van der Waals surface area contributed by atoms with E-state index in [9.17, 15) is 0 Å². The third-order valence-electron chi connectivity index (χ3n) is 6.06. The number of aromatic nitrogens is 1. The van der Waals surface area contributed by atoms with Gasteiger partial charge in [0.1, 0.15) is 0 Å². The molecule has 4 aromatic rings. The molecule has 0 fully saturated rings. The summed E-state index contributed by atoms with van der Waals surface area (Å²) in [5.41, 5.74) is 13.9. The van der Waals surface area contributed by atoms with Gasteiger partial charge < -0.3 is 0 Å². The van der Waals surface area contributed by atoms with Gasteiger partial charge >= 0.3 is 0 Å². The summed E-state index contributed by atoms with van der Waals surface area (Å²) in [6.45, 7) is 12.8. The van der Waals surface area contributed by atoms with E-state index in [1.165, 1.54) is 49.0 Å². The highest BCUT2D eigenvalue weighted by Crippen LogP contribution is 2.36. The molecule has 0 N–H and O–H groups in total. The van der Waals surface area contributed by atoms with Crippen molar-refractivity contribution in [2.24, 2.45) is 0 Å². The summed E-state index contributed by atoms with van der Waals surface area (Å²) < 4.78 is 3.47. The maximum absolute atomic E-state index is 5.15. The highest BCUT2D eigenvalue weighted by atomic mass is 79.9. The van der Waals surface area contributed by atoms with Crippen LogP contribution in [0.5, 0.6) is 0 Å². The zero-order valence-corrected chi connectivity index (χ0v) is 24.5. The number of hydrogen-bond donors (Lipinski definition) is 0. The fourth-order valence-electron chi connectivity index (χ4n) is 4.29. The number of nitrogens with zero attached hydrogens (tertiary/aromatic N) is 1. The van der Waals surface area contributed by atoms with Crippen LogP contribution in [0.1, 0.15) is 33.4 Å². The van der Waals surface area contributed by atoms with Gasteiger partial charge in [0.25, 0.3) is 0 Å². The van der Waals surface area contributed by atoms with Gasteiger partial charge in [0.2, 0.25) is 0 Å². The van der Waals surface area contributed by atoms with Crippen LogP contribution in [0.15, 0.2) is 61.9 Å². The Kier molecular flexibility index (Phi) is 7.00. The summed E-state index contributed by atoms with van der Waals surface area (Å²) in [4.78, 5) is 5.15. The third-order valence-corrected chi connectivity index (χ3v) is 9.81. The first kappa shape index (κ1) is 24.4. The highest BCUT2D eigenvalue weighted by molar-refractivity contribution is 9.11. The van der Waals surface area contributed by atoms with E-state index in [1.54, 1.807) is 0 Å². The maximum atomic E-state index is 5.15. The second kappa shape index (κ2) is 9.48. The van der Waals surface area contributed by atoms with E-state index in [2.05, 4.69) is 138 Å². The normalized spacial score (nSPS) is 11.2. The lowest BCUT2D eigenvalue weighted by molar-refractivity contribution is 1.27. The summed E-state index contributed by atoms with van der Waals surface area (Å²) in [6.07, 6.45) is 0. The van der Waals surface area contributed by atoms with E-state index in [-0.39, 0.29) is 0 Å². The van der Waals surface area contributed by atoms with Crippen molar-refractivity contribution < 1.29 is 0 Å². The molecule has 0 saturated heterocycles. The molecule has 0 radical (unpaired) electrons. The molecule has 0 saturated carbocycles. The van der Waals surface area contributed by atoms with Crippen LogP contribution < -0.4 is 0 Å². The smallest absolute Gasteiger partial charge is 0.0715 e. The molecule has 33 heavy (non-hydrogen) atoms. The van der Waals surface area contributed by atoms with Crippen molar-refractivity contribution in [2.75, 3.05) is 0 Å². The Balaban J connectivity index is 2.00. The van der Waals surface area contributed by atoms with Gasteiger partial charge in [-0.3, -0.25) is 0 Å². The SMILES string of the molecule is Cc1cc(-c2cc(-c3cc(C)c(Br)c(C)c3)nc(-c3cc(C)c(Br)c(C)c3)c2)cc(C)c1Br. The average Bonchev–Trinajstić information content (AvgIpc) is 2.78. The first-order chi connectivity index (χ1) is 15.5. The monoisotopic (exact) mass is 625 g/mol. The van der Waals surface area contributed by atoms with Crippen molar-refractivity contribution in [3.8, 4) is 33.6 Å². The van der Waals surface area contributed by atoms with Crippen LogP contribution in [0, 0.1) is 41.5 Å². The quantitative estimate of drug-likeness (QED) is 0.220. The molecule has 0 atom stereocenters. The fourth-order valence-corrected chi connectivity index (χ4v) is 4.98. The van der Waals surface area contributed by atoms with Gasteiger partial charge in [0.05, 0.1) is 11.4 Å². The minimum absolute atomic E-state index is 0.984. The topological polar surface area (TPSA) is 12.9 Å². The van der Waals surface area contributed by atoms with Crippen molar-refractivity contribution in [3.05, 3.63) is 95.3 Å². The first-order valence-corrected chi connectivity index (χ1v) is 13.3. The van der Waals surface area contributed by atoms with Crippen LogP contribution in [0.25, 0.3) is 33.6 Å². The predicted octanol–water partition coefficient (Wildman–Crippen LogP) is 10.2. The van der Waals surface area contributed by atoms with Crippen molar-refractivity contribution in [3.63, 3.8) is 0 Å². The molecule has 1 aromatic heterocycles. The van der Waals surface area contributed by atoms with Crippen LogP contribution in [0.2, 0.25) is 0 Å². The number of hydrogen-bond acceptors (Lipinski definition) is 1. The Morgan fingerprint density at radius 3 is 0.939 bits per heavy atom. The molecule has 4 rings (SSSR count). The van der Waals surface area contributed by atoms with E-state index in [1.807, 2.05) is 0 Å². The number of halogens is 3. The van der Waals surface area contributed by atoms with Crippen LogP contribution in [-0.2, 0) is 0 Å². The average molecular weight is 628 g/mol. The summed E-state index contributed by atoms with van der Waals surface area (Å²) in [5.74, 6) is 0. The molecule has 0 aliphatic heterocycles. The molecule has 4 heteroatoms. The van der Waals surface area contributed by atoms with Crippen LogP contribution in [0.3, 0.4) is 0 Å². The summed E-state index contributed by atoms with van der Waals surface area (Å²) >= 11 is 11.1. The van der Waals surface area contributed by atoms with Crippen molar-refractivity contribution in [1.82, 2.24) is 4.98 Å². The second-order valence-corrected chi connectivity index (χ2v) is 11.3. The Hall–Kier alpha value is -1.75. The number of rotatable bonds is 3. The molecule has 1 heterocycles. The first-order valence-electron chi connectivity index (χ1n) is 10.9. The summed E-state index contributed by atoms with van der Waals surface area (Å²) in [5, 5.41) is 0. The van der Waals surface area contributed by atoms with Crippen LogP contribution >= 0.6 is 47.8 Å². The largest absolute Gasteiger partial charge is 0.248 e. The molecule has 3 aromatic carbocycles. The Bertz CT molecular complexity index is 1150. The molecule has 0 bridgehead atoms. The van der Waals surface area contributed by atoms with Crippen molar-refractivity contribution >= 4 is 47.8 Å². The van der Waals surface area contributed by atoms with Gasteiger partial charge in [-0.2, -0.15) is 0 Å². The molecular formula is C29H26Br3N. The van der Waals surface area contributed by atoms with Gasteiger partial charge in [-0.25, -0.2) is 4.98 Å². The zero-order valence-electron chi connectivity index (χ0n) is 19.7. The molecular weight excluding hydrogens is 602 g/mol. The maximum Gasteiger partial charge on any atom is 0.0715 e. The Morgan fingerprint density at radius 2 is 0.636 bits per heavy atom. The van der Waals surface area contributed by atoms with Gasteiger partial charge in [-0.05, 0) is 122 Å². The van der Waals surface area contributed by atoms with E-state index < -0.39 is 0 Å². The van der Waals surface area contributed by atoms with Gasteiger partial charge in [-0.1, -0.05) is 59.9 Å². The van der Waals surface area contributed by atoms with Crippen molar-refractivity contribution in [1.29, 1.82) is 0 Å². The van der Waals surface area contributed by atoms with E-state index in [4.69, 9.17) is 4.98 Å². The van der Waals surface area contributed by atoms with Gasteiger partial charge in [0, 0.05) is 24.5 Å². The van der Waals surface area contributed by atoms with E-state index in [0.29, 0.717) is 0 Å². The number of benzene rings is 3. The number of aryl methyl sites for hydroxylation is 6. The molecule has 0 amide bonds. The van der Waals surface area contributed by atoms with Crippen LogP contribution in [-0.4, -0.2) is 4.98 Å². The number of pyridine rings is 1. The predicted molar refractivity (Wildman–Crippen MR) is 152 cm³/mol. The molecule has 0 spiro atoms. The van der Waals surface area contributed by atoms with E-state index >= 15 is 0 Å². The van der Waals surface area contributed by atoms with Gasteiger partial charge in [-0.15, -0.1) is 0 Å². The Labute approximate surface area is 222 Å². The molecule has 1 nitrogen and oxygen atoms in total. The lowest BCUT2D eigenvalue weighted by Crippen LogP contribution is -1.95. The fraction of sp³-hybridized carbons (Fsp3) is 0.207. The van der Waals surface area contributed by atoms with Crippen LogP contribution in [0.4, 0.5) is 0 Å². The lowest BCUT2D eigenvalue weighted by Gasteiger charge is -2.15. The highest BCUT2D eigenvalue weighted by Gasteiger charge is 2.14. The van der Waals surface area contributed by atoms with E-state index in [0.717, 1.165) is 31.5 Å². The minimum atomic E-state index is 0.984. The molecule has 0 unspecified atom stereocenters. The minimum Gasteiger partial charge on any atom is -0.248 e. The summed E-state index contributed by atoms with van der Waals surface area (Å²) in [6, 6.07) is 17.8. The summed E-state index contributed by atoms with van der Waals surface area (Å²) in [7, 11) is 0. The third kappa shape index (κ3) is 4.89. The molecule has 168 valence electrons.